The zero-order chi connectivity index (χ0) is 34.9. The van der Waals surface area contributed by atoms with E-state index in [-0.39, 0.29) is 42.9 Å². The van der Waals surface area contributed by atoms with Crippen molar-refractivity contribution in [2.45, 2.75) is 123 Å². The van der Waals surface area contributed by atoms with E-state index in [0.29, 0.717) is 32.1 Å². The number of rotatable bonds is 16. The highest BCUT2D eigenvalue weighted by Gasteiger charge is 2.46. The fourth-order valence-corrected chi connectivity index (χ4v) is 7.06. The number of nitrogens with one attached hydrogen (secondary N) is 3. The highest BCUT2D eigenvalue weighted by molar-refractivity contribution is 5.93. The topological polar surface area (TPSA) is 152 Å². The van der Waals surface area contributed by atoms with Crippen LogP contribution in [0.4, 0.5) is 4.79 Å². The number of nitrogens with two attached hydrogens (primary N) is 1. The van der Waals surface area contributed by atoms with Crippen molar-refractivity contribution in [3.8, 4) is 0 Å². The lowest BCUT2D eigenvalue weighted by Crippen LogP contribution is -2.62. The molecule has 4 atom stereocenters. The average Bonchev–Trinajstić information content (AvgIpc) is 3.72. The number of amides is 5. The maximum Gasteiger partial charge on any atom is 0.315 e. The second-order valence-electron chi connectivity index (χ2n) is 15.8. The molecule has 0 bridgehead atoms. The van der Waals surface area contributed by atoms with E-state index < -0.39 is 35.0 Å². The van der Waals surface area contributed by atoms with E-state index in [9.17, 15) is 19.2 Å². The first-order valence-corrected chi connectivity index (χ1v) is 17.9. The van der Waals surface area contributed by atoms with Gasteiger partial charge in [0.15, 0.2) is 0 Å². The highest BCUT2D eigenvalue weighted by atomic mass is 16.5. The van der Waals surface area contributed by atoms with Gasteiger partial charge < -0.3 is 36.1 Å². The number of benzene rings is 1. The van der Waals surface area contributed by atoms with Gasteiger partial charge in [-0.1, -0.05) is 97.1 Å². The maximum absolute atomic E-state index is 14.4. The molecule has 1 aromatic rings. The Labute approximate surface area is 286 Å². The van der Waals surface area contributed by atoms with Gasteiger partial charge in [0.25, 0.3) is 0 Å². The van der Waals surface area contributed by atoms with Crippen molar-refractivity contribution in [1.82, 2.24) is 20.9 Å². The van der Waals surface area contributed by atoms with Crippen molar-refractivity contribution in [2.24, 2.45) is 28.9 Å². The standard InChI is InChI=1S/C37H59N5O6/c1-25(2)28-19-30(33(44)39-29(18-26-14-15-26)22-47-23-31(38)43)42(20-28)34(45)32(36(3,4)5)40-35(46)41-37(16-10-7-11-17-37)24-48-21-27-12-8-6-9-13-27/h6,8-9,12-13,25-26,28-30,32H,7,10-11,14-24H2,1-5H3,(H2,38,43)(H,39,44)(H2,40,41,46)/t28-,29?,30?,32?/m1/s1. The van der Waals surface area contributed by atoms with Crippen molar-refractivity contribution in [1.29, 1.82) is 0 Å². The van der Waals surface area contributed by atoms with Crippen LogP contribution in [0, 0.1) is 23.2 Å². The Morgan fingerprint density at radius 3 is 2.29 bits per heavy atom. The van der Waals surface area contributed by atoms with E-state index in [4.69, 9.17) is 15.2 Å². The number of nitrogens with zero attached hydrogens (tertiary/aromatic N) is 1. The predicted octanol–water partition coefficient (Wildman–Crippen LogP) is 4.28. The molecule has 2 saturated carbocycles. The lowest BCUT2D eigenvalue weighted by atomic mass is 9.82. The smallest absolute Gasteiger partial charge is 0.315 e. The van der Waals surface area contributed by atoms with Gasteiger partial charge in [0, 0.05) is 6.54 Å². The lowest BCUT2D eigenvalue weighted by molar-refractivity contribution is -0.142. The summed E-state index contributed by atoms with van der Waals surface area (Å²) < 4.78 is 11.6. The number of likely N-dealkylation sites (tertiary alicyclic amines) is 1. The van der Waals surface area contributed by atoms with Crippen LogP contribution < -0.4 is 21.7 Å². The third-order valence-corrected chi connectivity index (χ3v) is 10.2. The Morgan fingerprint density at radius 2 is 1.69 bits per heavy atom. The van der Waals surface area contributed by atoms with Crippen LogP contribution in [0.15, 0.2) is 30.3 Å². The summed E-state index contributed by atoms with van der Waals surface area (Å²) in [6.45, 7) is 11.3. The summed E-state index contributed by atoms with van der Waals surface area (Å²) in [5.74, 6) is -0.125. The Balaban J connectivity index is 1.45. The minimum atomic E-state index is -0.856. The summed E-state index contributed by atoms with van der Waals surface area (Å²) in [5, 5.41) is 9.41. The predicted molar refractivity (Wildman–Crippen MR) is 185 cm³/mol. The molecule has 2 aliphatic carbocycles. The number of carbonyl (C=O) groups is 4. The molecule has 5 amide bonds. The molecule has 1 saturated heterocycles. The molecular formula is C37H59N5O6. The van der Waals surface area contributed by atoms with Crippen LogP contribution in [0.1, 0.15) is 98.0 Å². The quantitative estimate of drug-likeness (QED) is 0.206. The molecule has 48 heavy (non-hydrogen) atoms. The summed E-state index contributed by atoms with van der Waals surface area (Å²) in [5.41, 5.74) is 5.19. The van der Waals surface area contributed by atoms with Gasteiger partial charge in [-0.05, 0) is 54.4 Å². The summed E-state index contributed by atoms with van der Waals surface area (Å²) in [4.78, 5) is 55.0. The van der Waals surface area contributed by atoms with Gasteiger partial charge in [0.2, 0.25) is 17.7 Å². The zero-order valence-electron chi connectivity index (χ0n) is 29.7. The van der Waals surface area contributed by atoms with Crippen molar-refractivity contribution in [2.75, 3.05) is 26.4 Å². The number of ether oxygens (including phenoxy) is 2. The number of hydrogen-bond donors (Lipinski definition) is 4. The van der Waals surface area contributed by atoms with Gasteiger partial charge in [0.05, 0.1) is 31.4 Å². The normalized spacial score (nSPS) is 22.2. The second kappa shape index (κ2) is 17.0. The molecule has 3 aliphatic rings. The molecule has 5 N–H and O–H groups in total. The first-order chi connectivity index (χ1) is 22.8. The van der Waals surface area contributed by atoms with Crippen molar-refractivity contribution in [3.63, 3.8) is 0 Å². The summed E-state index contributed by atoms with van der Waals surface area (Å²) in [7, 11) is 0. The fraction of sp³-hybridized carbons (Fsp3) is 0.730. The largest absolute Gasteiger partial charge is 0.374 e. The summed E-state index contributed by atoms with van der Waals surface area (Å²) in [6.07, 6.45) is 8.21. The Morgan fingerprint density at radius 1 is 1.00 bits per heavy atom. The summed E-state index contributed by atoms with van der Waals surface area (Å²) >= 11 is 0. The number of primary amides is 1. The molecule has 11 nitrogen and oxygen atoms in total. The minimum absolute atomic E-state index is 0.138. The molecule has 1 aromatic carbocycles. The number of carbonyl (C=O) groups excluding carboxylic acids is 4. The number of urea groups is 1. The van der Waals surface area contributed by atoms with Gasteiger partial charge in [-0.2, -0.15) is 0 Å². The van der Waals surface area contributed by atoms with Gasteiger partial charge >= 0.3 is 6.03 Å². The molecule has 3 fully saturated rings. The molecule has 1 aliphatic heterocycles. The van der Waals surface area contributed by atoms with Crippen LogP contribution in [0.3, 0.4) is 0 Å². The van der Waals surface area contributed by atoms with Crippen molar-refractivity contribution >= 4 is 23.8 Å². The van der Waals surface area contributed by atoms with Crippen LogP contribution in [0.25, 0.3) is 0 Å². The number of hydrogen-bond acceptors (Lipinski definition) is 6. The Hall–Kier alpha value is -3.18. The maximum atomic E-state index is 14.4. The SMILES string of the molecule is CC(C)[C@@H]1CC(C(=O)NC(COCC(N)=O)CC2CC2)N(C(=O)C(NC(=O)NC2(COCc3ccccc3)CCCCC2)C(C)(C)C)C1. The first-order valence-electron chi connectivity index (χ1n) is 17.9. The first kappa shape index (κ1) is 37.6. The second-order valence-corrected chi connectivity index (χ2v) is 15.8. The Kier molecular flexibility index (Phi) is 13.3. The molecule has 0 spiro atoms. The summed E-state index contributed by atoms with van der Waals surface area (Å²) in [6, 6.07) is 7.77. The molecule has 4 rings (SSSR count). The van der Waals surface area contributed by atoms with Crippen molar-refractivity contribution in [3.05, 3.63) is 35.9 Å². The molecule has 11 heteroatoms. The van der Waals surface area contributed by atoms with Gasteiger partial charge in [-0.25, -0.2) is 4.79 Å². The van der Waals surface area contributed by atoms with Crippen LogP contribution in [-0.2, 0) is 30.5 Å². The van der Waals surface area contributed by atoms with Crippen LogP contribution in [0.5, 0.6) is 0 Å². The Bertz CT molecular complexity index is 1220. The van der Waals surface area contributed by atoms with Crippen LogP contribution >= 0.6 is 0 Å². The van der Waals surface area contributed by atoms with Gasteiger partial charge in [0.1, 0.15) is 18.7 Å². The fourth-order valence-electron chi connectivity index (χ4n) is 7.06. The van der Waals surface area contributed by atoms with E-state index in [0.717, 1.165) is 56.9 Å². The molecule has 0 aromatic heterocycles. The molecule has 1 heterocycles. The van der Waals surface area contributed by atoms with E-state index in [1.165, 1.54) is 0 Å². The molecular weight excluding hydrogens is 610 g/mol. The highest BCUT2D eigenvalue weighted by Crippen LogP contribution is 2.35. The van der Waals surface area contributed by atoms with Gasteiger partial charge in [-0.15, -0.1) is 0 Å². The molecule has 268 valence electrons. The van der Waals surface area contributed by atoms with Crippen molar-refractivity contribution < 1.29 is 28.7 Å². The van der Waals surface area contributed by atoms with E-state index in [1.807, 2.05) is 51.1 Å². The van der Waals surface area contributed by atoms with Crippen LogP contribution in [-0.4, -0.2) is 78.7 Å². The van der Waals surface area contributed by atoms with E-state index in [2.05, 4.69) is 29.8 Å². The van der Waals surface area contributed by atoms with E-state index >= 15 is 0 Å². The third-order valence-electron chi connectivity index (χ3n) is 10.2. The minimum Gasteiger partial charge on any atom is -0.374 e. The van der Waals surface area contributed by atoms with E-state index in [1.54, 1.807) is 4.90 Å². The molecule has 3 unspecified atom stereocenters. The third kappa shape index (κ3) is 11.2. The lowest BCUT2D eigenvalue weighted by Gasteiger charge is -2.40. The zero-order valence-corrected chi connectivity index (χ0v) is 29.7. The average molecular weight is 670 g/mol. The molecule has 0 radical (unpaired) electrons. The van der Waals surface area contributed by atoms with Gasteiger partial charge in [-0.3, -0.25) is 14.4 Å². The monoisotopic (exact) mass is 669 g/mol. The van der Waals surface area contributed by atoms with Crippen LogP contribution in [0.2, 0.25) is 0 Å².